The van der Waals surface area contributed by atoms with Gasteiger partial charge in [0.1, 0.15) is 0 Å². The van der Waals surface area contributed by atoms with E-state index in [1.807, 2.05) is 30.3 Å². The number of hydrogen-bond acceptors (Lipinski definition) is 5. The number of nitriles is 1. The monoisotopic (exact) mass is 328 g/mol. The molecule has 1 unspecified atom stereocenters. The normalized spacial score (nSPS) is 17.5. The number of aliphatic carboxylic acids is 1. The molecule has 0 bridgehead atoms. The molecule has 0 amide bonds. The summed E-state index contributed by atoms with van der Waals surface area (Å²) in [7, 11) is 0. The van der Waals surface area contributed by atoms with Gasteiger partial charge in [-0.25, -0.2) is 0 Å². The van der Waals surface area contributed by atoms with Crippen molar-refractivity contribution in [1.29, 1.82) is 5.26 Å². The summed E-state index contributed by atoms with van der Waals surface area (Å²) in [5, 5.41) is 22.0. The molecule has 5 nitrogen and oxygen atoms in total. The summed E-state index contributed by atoms with van der Waals surface area (Å²) in [6, 6.07) is 11.4. The average molecular weight is 328 g/mol. The van der Waals surface area contributed by atoms with Gasteiger partial charge in [0.25, 0.3) is 0 Å². The van der Waals surface area contributed by atoms with Crippen LogP contribution in [0.5, 0.6) is 0 Å². The van der Waals surface area contributed by atoms with Crippen molar-refractivity contribution in [2.75, 3.05) is 5.75 Å². The number of benzene rings is 1. The van der Waals surface area contributed by atoms with Crippen molar-refractivity contribution in [1.82, 2.24) is 5.32 Å². The first-order valence-electron chi connectivity index (χ1n) is 6.98. The van der Waals surface area contributed by atoms with Gasteiger partial charge in [-0.05, 0) is 19.4 Å². The van der Waals surface area contributed by atoms with Crippen LogP contribution >= 0.6 is 11.8 Å². The maximum Gasteiger partial charge on any atom is 0.313 e. The average Bonchev–Trinajstić information content (AvgIpc) is 2.52. The second-order valence-corrected chi connectivity index (χ2v) is 6.09. The highest BCUT2D eigenvalue weighted by Crippen LogP contribution is 2.40. The van der Waals surface area contributed by atoms with Gasteiger partial charge in [0.05, 0.1) is 28.3 Å². The fourth-order valence-corrected chi connectivity index (χ4v) is 3.42. The smallest absolute Gasteiger partial charge is 0.313 e. The molecule has 1 heterocycles. The van der Waals surface area contributed by atoms with Crippen LogP contribution in [0.3, 0.4) is 0 Å². The predicted molar refractivity (Wildman–Crippen MR) is 88.4 cm³/mol. The number of rotatable bonds is 5. The summed E-state index contributed by atoms with van der Waals surface area (Å²) < 4.78 is 0. The van der Waals surface area contributed by atoms with E-state index in [-0.39, 0.29) is 11.5 Å². The van der Waals surface area contributed by atoms with Crippen LogP contribution in [0.15, 0.2) is 52.2 Å². The molecule has 23 heavy (non-hydrogen) atoms. The first-order chi connectivity index (χ1) is 11.0. The summed E-state index contributed by atoms with van der Waals surface area (Å²) in [4.78, 5) is 22.9. The highest BCUT2D eigenvalue weighted by atomic mass is 32.2. The van der Waals surface area contributed by atoms with Crippen molar-refractivity contribution in [2.45, 2.75) is 19.8 Å². The number of hydrogen-bond donors (Lipinski definition) is 2. The van der Waals surface area contributed by atoms with Crippen LogP contribution in [0.25, 0.3) is 0 Å². The standard InChI is InChI=1S/C17H16N2O3S/c1-10-15(11(2)20)16(12-6-4-3-5-7-12)13(8-18)17(19-10)23-9-14(21)22/h3-7,16,19H,9H2,1-2H3,(H,21,22). The van der Waals surface area contributed by atoms with Gasteiger partial charge in [0.15, 0.2) is 5.78 Å². The molecular formula is C17H16N2O3S. The molecule has 0 radical (unpaired) electrons. The van der Waals surface area contributed by atoms with Crippen molar-refractivity contribution in [2.24, 2.45) is 0 Å². The number of carboxylic acids is 1. The highest BCUT2D eigenvalue weighted by molar-refractivity contribution is 8.03. The topological polar surface area (TPSA) is 90.2 Å². The molecule has 0 fully saturated rings. The zero-order chi connectivity index (χ0) is 17.0. The zero-order valence-electron chi connectivity index (χ0n) is 12.8. The maximum atomic E-state index is 12.1. The van der Waals surface area contributed by atoms with Gasteiger partial charge < -0.3 is 10.4 Å². The van der Waals surface area contributed by atoms with Crippen LogP contribution in [0, 0.1) is 11.3 Å². The number of nitrogens with one attached hydrogen (secondary N) is 1. The van der Waals surface area contributed by atoms with Gasteiger partial charge in [0, 0.05) is 11.3 Å². The summed E-state index contributed by atoms with van der Waals surface area (Å²) in [6.45, 7) is 3.24. The third-order valence-corrected chi connectivity index (χ3v) is 4.50. The van der Waals surface area contributed by atoms with E-state index in [2.05, 4.69) is 11.4 Å². The number of ketones is 1. The van der Waals surface area contributed by atoms with Crippen molar-refractivity contribution >= 4 is 23.5 Å². The van der Waals surface area contributed by atoms with Crippen LogP contribution < -0.4 is 5.32 Å². The van der Waals surface area contributed by atoms with Gasteiger partial charge in [-0.2, -0.15) is 5.26 Å². The lowest BCUT2D eigenvalue weighted by Gasteiger charge is -2.29. The molecule has 0 saturated carbocycles. The number of dihydropyridines is 1. The number of carbonyl (C=O) groups excluding carboxylic acids is 1. The Balaban J connectivity index is 2.56. The SMILES string of the molecule is CC(=O)C1=C(C)NC(SCC(=O)O)=C(C#N)C1c1ccccc1. The lowest BCUT2D eigenvalue weighted by Crippen LogP contribution is -2.27. The highest BCUT2D eigenvalue weighted by Gasteiger charge is 2.32. The van der Waals surface area contributed by atoms with Crippen LogP contribution in [0.4, 0.5) is 0 Å². The molecular weight excluding hydrogens is 312 g/mol. The molecule has 1 aromatic rings. The van der Waals surface area contributed by atoms with Crippen molar-refractivity contribution in [3.8, 4) is 6.07 Å². The third-order valence-electron chi connectivity index (χ3n) is 3.50. The molecule has 0 saturated heterocycles. The molecule has 2 N–H and O–H groups in total. The molecule has 0 aliphatic carbocycles. The van der Waals surface area contributed by atoms with Gasteiger partial charge in [0.2, 0.25) is 0 Å². The maximum absolute atomic E-state index is 12.1. The molecule has 2 rings (SSSR count). The lowest BCUT2D eigenvalue weighted by atomic mass is 9.81. The first-order valence-corrected chi connectivity index (χ1v) is 7.96. The molecule has 0 spiro atoms. The van der Waals surface area contributed by atoms with E-state index in [9.17, 15) is 14.9 Å². The van der Waals surface area contributed by atoms with Crippen LogP contribution in [-0.2, 0) is 9.59 Å². The number of thioether (sulfide) groups is 1. The van der Waals surface area contributed by atoms with E-state index in [0.717, 1.165) is 17.3 Å². The van der Waals surface area contributed by atoms with Crippen molar-refractivity contribution in [3.05, 3.63) is 57.8 Å². The molecule has 6 heteroatoms. The third kappa shape index (κ3) is 3.63. The molecule has 1 aliphatic rings. The lowest BCUT2D eigenvalue weighted by molar-refractivity contribution is -0.133. The second-order valence-electron chi connectivity index (χ2n) is 5.10. The summed E-state index contributed by atoms with van der Waals surface area (Å²) in [5.74, 6) is -1.70. The fraction of sp³-hybridized carbons (Fsp3) is 0.235. The second kappa shape index (κ2) is 7.16. The number of carbonyl (C=O) groups is 2. The Morgan fingerprint density at radius 2 is 2.00 bits per heavy atom. The van der Waals surface area contributed by atoms with Crippen molar-refractivity contribution < 1.29 is 14.7 Å². The van der Waals surface area contributed by atoms with E-state index in [4.69, 9.17) is 5.11 Å². The predicted octanol–water partition coefficient (Wildman–Crippen LogP) is 2.79. The van der Waals surface area contributed by atoms with E-state index >= 15 is 0 Å². The zero-order valence-corrected chi connectivity index (χ0v) is 13.6. The van der Waals surface area contributed by atoms with Gasteiger partial charge in [-0.15, -0.1) is 0 Å². The van der Waals surface area contributed by atoms with E-state index in [0.29, 0.717) is 21.9 Å². The molecule has 1 atom stereocenters. The first kappa shape index (κ1) is 16.8. The van der Waals surface area contributed by atoms with E-state index in [1.165, 1.54) is 6.92 Å². The summed E-state index contributed by atoms with van der Waals surface area (Å²) >= 11 is 1.06. The number of allylic oxidation sites excluding steroid dienone is 3. The van der Waals surface area contributed by atoms with Crippen molar-refractivity contribution in [3.63, 3.8) is 0 Å². The minimum atomic E-state index is -0.961. The summed E-state index contributed by atoms with van der Waals surface area (Å²) in [5.41, 5.74) is 2.40. The molecule has 0 aromatic heterocycles. The van der Waals surface area contributed by atoms with Crippen LogP contribution in [0.1, 0.15) is 25.3 Å². The quantitative estimate of drug-likeness (QED) is 0.864. The Morgan fingerprint density at radius 1 is 1.35 bits per heavy atom. The van der Waals surface area contributed by atoms with Gasteiger partial charge >= 0.3 is 5.97 Å². The number of Topliss-reactive ketones (excluding diaryl/α,β-unsaturated/α-hetero) is 1. The largest absolute Gasteiger partial charge is 0.481 e. The van der Waals surface area contributed by atoms with Gasteiger partial charge in [-0.1, -0.05) is 42.1 Å². The van der Waals surface area contributed by atoms with E-state index < -0.39 is 11.9 Å². The van der Waals surface area contributed by atoms with E-state index in [1.54, 1.807) is 6.92 Å². The summed E-state index contributed by atoms with van der Waals surface area (Å²) in [6.07, 6.45) is 0. The minimum Gasteiger partial charge on any atom is -0.481 e. The minimum absolute atomic E-state index is 0.112. The molecule has 1 aliphatic heterocycles. The Labute approximate surface area is 138 Å². The van der Waals surface area contributed by atoms with Gasteiger partial charge in [-0.3, -0.25) is 9.59 Å². The molecule has 118 valence electrons. The Morgan fingerprint density at radius 3 is 2.52 bits per heavy atom. The Kier molecular flexibility index (Phi) is 5.24. The molecule has 1 aromatic carbocycles. The van der Waals surface area contributed by atoms with Crippen LogP contribution in [-0.4, -0.2) is 22.6 Å². The number of carboxylic acid groups (broad SMARTS) is 1. The Hall–Kier alpha value is -2.52. The van der Waals surface area contributed by atoms with Crippen LogP contribution in [0.2, 0.25) is 0 Å². The number of nitrogens with zero attached hydrogens (tertiary/aromatic N) is 1. The fourth-order valence-electron chi connectivity index (χ4n) is 2.61. The Bertz CT molecular complexity index is 745.